The van der Waals surface area contributed by atoms with Crippen LogP contribution in [0.3, 0.4) is 0 Å². The lowest BCUT2D eigenvalue weighted by molar-refractivity contribution is -0.383. The van der Waals surface area contributed by atoms with Gasteiger partial charge in [0.15, 0.2) is 5.60 Å². The summed E-state index contributed by atoms with van der Waals surface area (Å²) < 4.78 is 17.9. The summed E-state index contributed by atoms with van der Waals surface area (Å²) in [7, 11) is 0. The Morgan fingerprint density at radius 3 is 2.23 bits per heavy atom. The first-order chi connectivity index (χ1) is 18.5. The molecule has 0 radical (unpaired) electrons. The highest BCUT2D eigenvalue weighted by molar-refractivity contribution is 6.40. The Hall–Kier alpha value is -2.66. The topological polar surface area (TPSA) is 157 Å². The summed E-state index contributed by atoms with van der Waals surface area (Å²) in [6.45, 7) is 8.79. The summed E-state index contributed by atoms with van der Waals surface area (Å²) in [5, 5.41) is 35.6. The minimum Gasteiger partial charge on any atom is -0.455 e. The van der Waals surface area contributed by atoms with Gasteiger partial charge in [-0.15, -0.1) is 0 Å². The minimum absolute atomic E-state index is 0.123. The maximum atomic E-state index is 14.4. The van der Waals surface area contributed by atoms with Gasteiger partial charge in [-0.2, -0.15) is 0 Å². The zero-order valence-electron chi connectivity index (χ0n) is 23.7. The van der Waals surface area contributed by atoms with Crippen molar-refractivity contribution in [3.63, 3.8) is 0 Å². The number of aliphatic hydroxyl groups is 3. The maximum Gasteiger partial charge on any atom is 0.338 e. The van der Waals surface area contributed by atoms with Crippen molar-refractivity contribution >= 4 is 23.5 Å². The Bertz CT molecular complexity index is 1260. The summed E-state index contributed by atoms with van der Waals surface area (Å²) in [5.74, 6) is -5.16. The number of rotatable bonds is 3. The molecule has 4 aliphatic rings. The van der Waals surface area contributed by atoms with Crippen molar-refractivity contribution in [3.05, 3.63) is 35.9 Å². The lowest BCUT2D eigenvalue weighted by Gasteiger charge is -2.72. The molecule has 10 atom stereocenters. The molecule has 1 aromatic carbocycles. The number of carbonyl (C=O) groups excluding carboxylic acids is 4. The van der Waals surface area contributed by atoms with Crippen LogP contribution in [0.2, 0.25) is 0 Å². The summed E-state index contributed by atoms with van der Waals surface area (Å²) >= 11 is 0. The van der Waals surface area contributed by atoms with Crippen molar-refractivity contribution in [3.8, 4) is 0 Å². The van der Waals surface area contributed by atoms with Gasteiger partial charge in [0.25, 0.3) is 0 Å². The molecular formula is C30H38O10. The van der Waals surface area contributed by atoms with E-state index >= 15 is 0 Å². The van der Waals surface area contributed by atoms with Gasteiger partial charge in [-0.25, -0.2) is 4.79 Å². The maximum absolute atomic E-state index is 14.4. The molecule has 0 spiro atoms. The van der Waals surface area contributed by atoms with Crippen molar-refractivity contribution in [2.24, 2.45) is 28.1 Å². The average molecular weight is 559 g/mol. The molecule has 0 aromatic heterocycles. The molecule has 218 valence electrons. The average Bonchev–Trinajstić information content (AvgIpc) is 2.89. The van der Waals surface area contributed by atoms with Crippen molar-refractivity contribution in [1.29, 1.82) is 0 Å². The van der Waals surface area contributed by atoms with Crippen LogP contribution >= 0.6 is 0 Å². The third-order valence-corrected chi connectivity index (χ3v) is 11.1. The standard InChI is InChI=1S/C30H38O10/c1-15-18(32)13-29(37)25(39-24(36)17-10-8-7-9-11-17)28(6)27(5,23(35)22(34)21(15)26(29,3)4)19(33)12-20-30(28,14-38-20)40-16(2)31/h7-11,15,18-21,25,32-33,37H,12-14H2,1-6H3/t15?,18-,19-,20?,21?,25-,27-,28?,29+,30-/m0/s1. The van der Waals surface area contributed by atoms with Crippen LogP contribution in [0.4, 0.5) is 0 Å². The van der Waals surface area contributed by atoms with Crippen molar-refractivity contribution in [2.45, 2.75) is 90.0 Å². The van der Waals surface area contributed by atoms with E-state index in [1.54, 1.807) is 39.0 Å². The fraction of sp³-hybridized carbons (Fsp3) is 0.667. The second kappa shape index (κ2) is 8.92. The molecule has 5 rings (SSSR count). The highest BCUT2D eigenvalue weighted by Crippen LogP contribution is 2.69. The number of fused-ring (bicyclic) bond motifs is 5. The lowest BCUT2D eigenvalue weighted by Crippen LogP contribution is -2.87. The molecule has 1 aliphatic heterocycles. The molecule has 10 nitrogen and oxygen atoms in total. The van der Waals surface area contributed by atoms with Gasteiger partial charge < -0.3 is 29.5 Å². The van der Waals surface area contributed by atoms with Crippen LogP contribution in [-0.2, 0) is 28.6 Å². The fourth-order valence-corrected chi connectivity index (χ4v) is 8.43. The van der Waals surface area contributed by atoms with E-state index in [4.69, 9.17) is 14.2 Å². The quantitative estimate of drug-likeness (QED) is 0.368. The van der Waals surface area contributed by atoms with Gasteiger partial charge in [-0.1, -0.05) is 45.9 Å². The van der Waals surface area contributed by atoms with Crippen molar-refractivity contribution in [2.75, 3.05) is 6.61 Å². The SMILES string of the molecule is CC(=O)O[C@@]12COC1C[C@H](O)[C@@]1(C)C(=O)C(=O)C3C(C)[C@@H](O)C[C@@](O)([C@@H](OC(=O)c4ccccc4)C21C)C3(C)C. The second-order valence-corrected chi connectivity index (χ2v) is 13.0. The molecule has 10 heteroatoms. The lowest BCUT2D eigenvalue weighted by atomic mass is 9.37. The summed E-state index contributed by atoms with van der Waals surface area (Å²) in [6, 6.07) is 8.07. The van der Waals surface area contributed by atoms with Gasteiger partial charge in [0.2, 0.25) is 11.6 Å². The van der Waals surface area contributed by atoms with E-state index in [1.165, 1.54) is 32.9 Å². The molecular weight excluding hydrogens is 520 g/mol. The van der Waals surface area contributed by atoms with Crippen molar-refractivity contribution in [1.82, 2.24) is 0 Å². The highest BCUT2D eigenvalue weighted by Gasteiger charge is 2.84. The van der Waals surface area contributed by atoms with E-state index < -0.39 is 87.2 Å². The number of aliphatic hydroxyl groups excluding tert-OH is 2. The molecule has 4 fully saturated rings. The predicted molar refractivity (Wildman–Crippen MR) is 139 cm³/mol. The monoisotopic (exact) mass is 558 g/mol. The van der Waals surface area contributed by atoms with Crippen LogP contribution in [0.25, 0.3) is 0 Å². The zero-order chi connectivity index (χ0) is 29.6. The van der Waals surface area contributed by atoms with Crippen LogP contribution in [-0.4, -0.2) is 81.0 Å². The van der Waals surface area contributed by atoms with E-state index in [2.05, 4.69) is 0 Å². The summed E-state index contributed by atoms with van der Waals surface area (Å²) in [5.41, 5.74) is -8.82. The van der Waals surface area contributed by atoms with E-state index in [1.807, 2.05) is 0 Å². The third-order valence-electron chi connectivity index (χ3n) is 11.1. The van der Waals surface area contributed by atoms with Gasteiger partial charge in [0.1, 0.15) is 17.8 Å². The van der Waals surface area contributed by atoms with E-state index in [0.717, 1.165) is 0 Å². The van der Waals surface area contributed by atoms with E-state index in [9.17, 15) is 34.5 Å². The molecule has 1 heterocycles. The Kier molecular flexibility index (Phi) is 6.43. The Morgan fingerprint density at radius 1 is 1.05 bits per heavy atom. The zero-order valence-corrected chi connectivity index (χ0v) is 23.7. The number of ether oxygens (including phenoxy) is 3. The first kappa shape index (κ1) is 28.9. The number of carbonyl (C=O) groups is 4. The minimum atomic E-state index is -2.11. The fourth-order valence-electron chi connectivity index (χ4n) is 8.43. The number of hydrogen-bond acceptors (Lipinski definition) is 10. The van der Waals surface area contributed by atoms with Crippen LogP contribution in [0, 0.1) is 28.1 Å². The number of hydrogen-bond donors (Lipinski definition) is 3. The molecule has 3 N–H and O–H groups in total. The molecule has 4 unspecified atom stereocenters. The number of benzene rings is 1. The second-order valence-electron chi connectivity index (χ2n) is 13.0. The van der Waals surface area contributed by atoms with Gasteiger partial charge in [-0.05, 0) is 25.0 Å². The molecule has 3 aliphatic carbocycles. The molecule has 1 aromatic rings. The van der Waals surface area contributed by atoms with Crippen LogP contribution in [0.1, 0.15) is 64.7 Å². The largest absolute Gasteiger partial charge is 0.455 e. The smallest absolute Gasteiger partial charge is 0.338 e. The van der Waals surface area contributed by atoms with Gasteiger partial charge >= 0.3 is 11.9 Å². The van der Waals surface area contributed by atoms with Crippen LogP contribution in [0.5, 0.6) is 0 Å². The van der Waals surface area contributed by atoms with Gasteiger partial charge in [0, 0.05) is 31.1 Å². The van der Waals surface area contributed by atoms with Crippen LogP contribution < -0.4 is 0 Å². The predicted octanol–water partition coefficient (Wildman–Crippen LogP) is 1.62. The third kappa shape index (κ3) is 3.30. The number of esters is 2. The van der Waals surface area contributed by atoms with E-state index in [0.29, 0.717) is 0 Å². The van der Waals surface area contributed by atoms with Gasteiger partial charge in [-0.3, -0.25) is 14.4 Å². The molecule has 2 bridgehead atoms. The Balaban J connectivity index is 1.85. The molecule has 0 amide bonds. The molecule has 3 saturated carbocycles. The Morgan fingerprint density at radius 2 is 1.68 bits per heavy atom. The van der Waals surface area contributed by atoms with E-state index in [-0.39, 0.29) is 25.0 Å². The first-order valence-electron chi connectivity index (χ1n) is 13.7. The van der Waals surface area contributed by atoms with Crippen LogP contribution in [0.15, 0.2) is 30.3 Å². The summed E-state index contributed by atoms with van der Waals surface area (Å²) in [4.78, 5) is 54.8. The summed E-state index contributed by atoms with van der Waals surface area (Å²) in [6.07, 6.45) is -5.64. The highest BCUT2D eigenvalue weighted by atomic mass is 16.6. The normalized spacial score (nSPS) is 45.6. The Labute approximate surface area is 233 Å². The van der Waals surface area contributed by atoms with Gasteiger partial charge in [0.05, 0.1) is 35.2 Å². The molecule has 40 heavy (non-hydrogen) atoms. The number of ketones is 2. The number of Topliss-reactive ketones (excluding diaryl/α,β-unsaturated/α-hetero) is 2. The molecule has 1 saturated heterocycles. The first-order valence-corrected chi connectivity index (χ1v) is 13.7. The van der Waals surface area contributed by atoms with Crippen molar-refractivity contribution < 1.29 is 48.7 Å².